The van der Waals surface area contributed by atoms with E-state index in [0.29, 0.717) is 28.3 Å². The second-order valence-corrected chi connectivity index (χ2v) is 6.35. The van der Waals surface area contributed by atoms with Gasteiger partial charge in [-0.1, -0.05) is 29.8 Å². The Kier molecular flexibility index (Phi) is 5.19. The van der Waals surface area contributed by atoms with Crippen LogP contribution >= 0.6 is 11.6 Å². The van der Waals surface area contributed by atoms with Crippen molar-refractivity contribution in [1.82, 2.24) is 4.98 Å². The highest BCUT2D eigenvalue weighted by atomic mass is 35.5. The van der Waals surface area contributed by atoms with Gasteiger partial charge in [-0.15, -0.1) is 0 Å². The minimum atomic E-state index is -4.39. The van der Waals surface area contributed by atoms with Crippen molar-refractivity contribution >= 4 is 17.6 Å². The van der Waals surface area contributed by atoms with E-state index < -0.39 is 17.7 Å². The van der Waals surface area contributed by atoms with Gasteiger partial charge in [0.1, 0.15) is 0 Å². The van der Waals surface area contributed by atoms with Gasteiger partial charge in [0.2, 0.25) is 0 Å². The summed E-state index contributed by atoms with van der Waals surface area (Å²) in [4.78, 5) is 15.5. The number of benzene rings is 2. The number of carbonyl (C=O) groups is 1. The average Bonchev–Trinajstić information content (AvgIpc) is 2.62. The molecule has 0 aliphatic carbocycles. The van der Waals surface area contributed by atoms with E-state index in [1.807, 2.05) is 0 Å². The van der Waals surface area contributed by atoms with Crippen molar-refractivity contribution in [2.24, 2.45) is 0 Å². The molecule has 1 N–H and O–H groups in total. The van der Waals surface area contributed by atoms with E-state index in [-0.39, 0.29) is 5.56 Å². The minimum Gasteiger partial charge on any atom is -0.478 e. The zero-order valence-corrected chi connectivity index (χ0v) is 14.6. The van der Waals surface area contributed by atoms with E-state index >= 15 is 0 Å². The van der Waals surface area contributed by atoms with E-state index in [9.17, 15) is 23.1 Å². The first-order valence-electron chi connectivity index (χ1n) is 7.88. The van der Waals surface area contributed by atoms with Crippen LogP contribution in [-0.2, 0) is 12.6 Å². The van der Waals surface area contributed by atoms with Crippen LogP contribution < -0.4 is 0 Å². The SMILES string of the molecule is O=C(O)c1ccc(Cc2ccc(C(F)(F)F)cc2)c(-c2ccc(Cl)cn2)c1. The molecule has 0 saturated carbocycles. The third-order valence-electron chi connectivity index (χ3n) is 4.04. The number of rotatable bonds is 4. The van der Waals surface area contributed by atoms with Crippen molar-refractivity contribution in [2.45, 2.75) is 12.6 Å². The third-order valence-corrected chi connectivity index (χ3v) is 4.26. The van der Waals surface area contributed by atoms with Crippen molar-refractivity contribution in [2.75, 3.05) is 0 Å². The number of carboxylic acid groups (broad SMARTS) is 1. The molecule has 2 aromatic carbocycles. The second-order valence-electron chi connectivity index (χ2n) is 5.91. The van der Waals surface area contributed by atoms with Crippen molar-refractivity contribution < 1.29 is 23.1 Å². The summed E-state index contributed by atoms with van der Waals surface area (Å²) in [7, 11) is 0. The number of alkyl halides is 3. The van der Waals surface area contributed by atoms with E-state index in [2.05, 4.69) is 4.98 Å². The number of nitrogens with zero attached hydrogens (tertiary/aromatic N) is 1. The number of carboxylic acids is 1. The Balaban J connectivity index is 1.99. The highest BCUT2D eigenvalue weighted by Gasteiger charge is 2.29. The molecular weight excluding hydrogens is 379 g/mol. The van der Waals surface area contributed by atoms with Crippen molar-refractivity contribution in [1.29, 1.82) is 0 Å². The average molecular weight is 392 g/mol. The van der Waals surface area contributed by atoms with Crippen LogP contribution in [0.15, 0.2) is 60.8 Å². The van der Waals surface area contributed by atoms with Gasteiger partial charge in [-0.3, -0.25) is 4.98 Å². The van der Waals surface area contributed by atoms with Gasteiger partial charge >= 0.3 is 12.1 Å². The van der Waals surface area contributed by atoms with Gasteiger partial charge in [-0.25, -0.2) is 4.79 Å². The molecule has 7 heteroatoms. The molecule has 3 rings (SSSR count). The molecule has 0 unspecified atom stereocenters. The third kappa shape index (κ3) is 4.46. The van der Waals surface area contributed by atoms with Crippen LogP contribution in [0.25, 0.3) is 11.3 Å². The first kappa shape index (κ1) is 18.9. The summed E-state index contributed by atoms with van der Waals surface area (Å²) in [5.74, 6) is -1.08. The number of aromatic nitrogens is 1. The fourth-order valence-corrected chi connectivity index (χ4v) is 2.78. The van der Waals surface area contributed by atoms with Crippen molar-refractivity contribution in [3.05, 3.63) is 88.1 Å². The molecule has 0 aliphatic heterocycles. The maximum atomic E-state index is 12.7. The first-order chi connectivity index (χ1) is 12.7. The van der Waals surface area contributed by atoms with Crippen LogP contribution in [0.5, 0.6) is 0 Å². The monoisotopic (exact) mass is 391 g/mol. The highest BCUT2D eigenvalue weighted by molar-refractivity contribution is 6.30. The molecular formula is C20H13ClF3NO2. The summed E-state index contributed by atoms with van der Waals surface area (Å²) >= 11 is 5.85. The lowest BCUT2D eigenvalue weighted by atomic mass is 9.95. The number of aromatic carboxylic acids is 1. The minimum absolute atomic E-state index is 0.0953. The van der Waals surface area contributed by atoms with Crippen LogP contribution in [0.3, 0.4) is 0 Å². The van der Waals surface area contributed by atoms with Gasteiger partial charge in [-0.2, -0.15) is 13.2 Å². The molecule has 138 valence electrons. The number of pyridine rings is 1. The lowest BCUT2D eigenvalue weighted by molar-refractivity contribution is -0.137. The number of hydrogen-bond acceptors (Lipinski definition) is 2. The Morgan fingerprint density at radius 3 is 2.30 bits per heavy atom. The Bertz CT molecular complexity index is 968. The summed E-state index contributed by atoms with van der Waals surface area (Å²) in [6, 6.07) is 12.8. The molecule has 27 heavy (non-hydrogen) atoms. The summed E-state index contributed by atoms with van der Waals surface area (Å²) in [6.07, 6.45) is -2.61. The van der Waals surface area contributed by atoms with Crippen LogP contribution in [0, 0.1) is 0 Å². The summed E-state index contributed by atoms with van der Waals surface area (Å²) in [5, 5.41) is 9.68. The van der Waals surface area contributed by atoms with Gasteiger partial charge in [0.25, 0.3) is 0 Å². The molecule has 3 aromatic rings. The predicted octanol–water partition coefficient (Wildman–Crippen LogP) is 5.71. The lowest BCUT2D eigenvalue weighted by Gasteiger charge is -2.12. The smallest absolute Gasteiger partial charge is 0.416 e. The van der Waals surface area contributed by atoms with Crippen molar-refractivity contribution in [3.63, 3.8) is 0 Å². The highest BCUT2D eigenvalue weighted by Crippen LogP contribution is 2.30. The second kappa shape index (κ2) is 7.40. The van der Waals surface area contributed by atoms with Crippen LogP contribution in [0.4, 0.5) is 13.2 Å². The van der Waals surface area contributed by atoms with E-state index in [1.54, 1.807) is 18.2 Å². The fourth-order valence-electron chi connectivity index (χ4n) is 2.67. The summed E-state index contributed by atoms with van der Waals surface area (Å²) in [5.41, 5.74) is 1.91. The predicted molar refractivity (Wildman–Crippen MR) is 95.9 cm³/mol. The fraction of sp³-hybridized carbons (Fsp3) is 0.100. The standard InChI is InChI=1S/C20H13ClF3NO2/c21-16-7-8-18(25-11-16)17-10-14(19(26)27)4-3-13(17)9-12-1-5-15(6-2-12)20(22,23)24/h1-8,10-11H,9H2,(H,26,27). The number of hydrogen-bond donors (Lipinski definition) is 1. The normalized spacial score (nSPS) is 11.4. The maximum absolute atomic E-state index is 12.7. The van der Waals surface area contributed by atoms with E-state index in [1.165, 1.54) is 30.5 Å². The summed E-state index contributed by atoms with van der Waals surface area (Å²) < 4.78 is 38.1. The van der Waals surface area contributed by atoms with E-state index in [0.717, 1.165) is 17.7 Å². The Morgan fingerprint density at radius 2 is 1.74 bits per heavy atom. The molecule has 3 nitrogen and oxygen atoms in total. The van der Waals surface area contributed by atoms with Gasteiger partial charge in [0.15, 0.2) is 0 Å². The lowest BCUT2D eigenvalue weighted by Crippen LogP contribution is -2.05. The molecule has 1 heterocycles. The largest absolute Gasteiger partial charge is 0.478 e. The molecule has 0 atom stereocenters. The molecule has 0 saturated heterocycles. The summed E-state index contributed by atoms with van der Waals surface area (Å²) in [6.45, 7) is 0. The zero-order valence-electron chi connectivity index (χ0n) is 13.8. The molecule has 0 spiro atoms. The van der Waals surface area contributed by atoms with Gasteiger partial charge < -0.3 is 5.11 Å². The first-order valence-corrected chi connectivity index (χ1v) is 8.26. The molecule has 0 fully saturated rings. The van der Waals surface area contributed by atoms with Crippen LogP contribution in [-0.4, -0.2) is 16.1 Å². The van der Waals surface area contributed by atoms with Crippen LogP contribution in [0.2, 0.25) is 5.02 Å². The van der Waals surface area contributed by atoms with E-state index in [4.69, 9.17) is 11.6 Å². The van der Waals surface area contributed by atoms with Gasteiger partial charge in [-0.05, 0) is 53.9 Å². The zero-order chi connectivity index (χ0) is 19.6. The molecule has 0 bridgehead atoms. The van der Waals surface area contributed by atoms with Crippen LogP contribution in [0.1, 0.15) is 27.0 Å². The molecule has 1 aromatic heterocycles. The van der Waals surface area contributed by atoms with Crippen molar-refractivity contribution in [3.8, 4) is 11.3 Å². The topological polar surface area (TPSA) is 50.2 Å². The molecule has 0 amide bonds. The Morgan fingerprint density at radius 1 is 1.04 bits per heavy atom. The number of halogens is 4. The van der Waals surface area contributed by atoms with Gasteiger partial charge in [0.05, 0.1) is 21.8 Å². The van der Waals surface area contributed by atoms with Gasteiger partial charge in [0, 0.05) is 11.8 Å². The molecule has 0 radical (unpaired) electrons. The maximum Gasteiger partial charge on any atom is 0.416 e. The quantitative estimate of drug-likeness (QED) is 0.619. The molecule has 0 aliphatic rings. The Labute approximate surface area is 158 Å². The Hall–Kier alpha value is -2.86.